The van der Waals surface area contributed by atoms with Crippen molar-refractivity contribution in [1.29, 1.82) is 0 Å². The van der Waals surface area contributed by atoms with Crippen LogP contribution >= 0.6 is 0 Å². The van der Waals surface area contributed by atoms with Crippen LogP contribution in [0.2, 0.25) is 0 Å². The first-order chi connectivity index (χ1) is 31.7. The molecule has 14 aromatic rings. The number of rotatable bonds is 5. The predicted molar refractivity (Wildman–Crippen MR) is 266 cm³/mol. The molecule has 0 radical (unpaired) electrons. The zero-order valence-electron chi connectivity index (χ0n) is 34.5. The number of hydrogen-bond donors (Lipinski definition) is 0. The first kappa shape index (κ1) is 35.0. The molecule has 10 aromatic carbocycles. The van der Waals surface area contributed by atoms with Gasteiger partial charge in [-0.1, -0.05) is 115 Å². The Morgan fingerprint density at radius 2 is 0.578 bits per heavy atom. The van der Waals surface area contributed by atoms with Gasteiger partial charge in [0.25, 0.3) is 0 Å². The second-order valence-corrected chi connectivity index (χ2v) is 16.9. The van der Waals surface area contributed by atoms with Gasteiger partial charge >= 0.3 is 0 Å². The molecule has 0 spiro atoms. The molecule has 298 valence electrons. The van der Waals surface area contributed by atoms with Gasteiger partial charge in [-0.15, -0.1) is 0 Å². The van der Waals surface area contributed by atoms with Crippen LogP contribution in [0.4, 0.5) is 0 Å². The molecule has 0 saturated carbocycles. The third-order valence-corrected chi connectivity index (χ3v) is 13.3. The highest BCUT2D eigenvalue weighted by Gasteiger charge is 2.18. The summed E-state index contributed by atoms with van der Waals surface area (Å²) in [7, 11) is 0. The molecule has 0 aliphatic heterocycles. The van der Waals surface area contributed by atoms with E-state index in [9.17, 15) is 0 Å². The van der Waals surface area contributed by atoms with E-state index in [1.54, 1.807) is 0 Å². The summed E-state index contributed by atoms with van der Waals surface area (Å²) in [5, 5.41) is 9.18. The third kappa shape index (κ3) is 5.23. The largest absolute Gasteiger partial charge is 0.456 e. The molecule has 0 saturated heterocycles. The zero-order chi connectivity index (χ0) is 41.9. The Hall–Kier alpha value is -8.60. The van der Waals surface area contributed by atoms with Crippen molar-refractivity contribution < 1.29 is 8.83 Å². The molecule has 0 aliphatic carbocycles. The summed E-state index contributed by atoms with van der Waals surface area (Å²) in [6, 6.07) is 78.5. The van der Waals surface area contributed by atoms with E-state index in [4.69, 9.17) is 8.83 Å². The van der Waals surface area contributed by atoms with Gasteiger partial charge in [0.2, 0.25) is 0 Å². The van der Waals surface area contributed by atoms with Crippen molar-refractivity contribution in [1.82, 2.24) is 9.13 Å². The fourth-order valence-corrected chi connectivity index (χ4v) is 10.3. The fraction of sp³-hybridized carbons (Fsp3) is 0. The van der Waals surface area contributed by atoms with Crippen LogP contribution in [0.25, 0.3) is 132 Å². The van der Waals surface area contributed by atoms with Crippen molar-refractivity contribution in [2.24, 2.45) is 0 Å². The van der Waals surface area contributed by atoms with E-state index in [1.807, 2.05) is 0 Å². The fourth-order valence-electron chi connectivity index (χ4n) is 10.3. The minimum atomic E-state index is 0.847. The number of aromatic nitrogens is 2. The van der Waals surface area contributed by atoms with Gasteiger partial charge in [0.05, 0.1) is 22.1 Å². The topological polar surface area (TPSA) is 36.1 Å². The molecule has 0 aliphatic rings. The Morgan fingerprint density at radius 3 is 1.05 bits per heavy atom. The molecule has 4 aromatic heterocycles. The lowest BCUT2D eigenvalue weighted by atomic mass is 9.97. The van der Waals surface area contributed by atoms with Crippen LogP contribution in [0.1, 0.15) is 0 Å². The van der Waals surface area contributed by atoms with E-state index >= 15 is 0 Å². The lowest BCUT2D eigenvalue weighted by molar-refractivity contribution is 0.664. The standard InChI is InChI=1S/C60H36N2O2/c1-3-14-43(15-4-1)61-53-20-9-7-18-45(53)47-31-39(22-26-55(47)61)37-12-11-13-38(30-37)41-24-28-57-49(33-41)51-35-60-52(36-59(51)63-57)50-34-42(25-29-58(50)64-60)40-23-27-56-48(32-40)46-19-8-10-21-54(46)62(56)44-16-5-2-6-17-44/h1-36H. The average Bonchev–Trinajstić information content (AvgIpc) is 4.10. The van der Waals surface area contributed by atoms with Crippen molar-refractivity contribution in [3.05, 3.63) is 218 Å². The molecule has 0 unspecified atom stereocenters. The van der Waals surface area contributed by atoms with Gasteiger partial charge in [-0.05, 0) is 137 Å². The van der Waals surface area contributed by atoms with Gasteiger partial charge in [0.1, 0.15) is 22.3 Å². The van der Waals surface area contributed by atoms with Gasteiger partial charge in [-0.2, -0.15) is 0 Å². The first-order valence-electron chi connectivity index (χ1n) is 21.8. The molecule has 0 N–H and O–H groups in total. The lowest BCUT2D eigenvalue weighted by Crippen LogP contribution is -1.92. The van der Waals surface area contributed by atoms with Crippen LogP contribution in [-0.2, 0) is 0 Å². The van der Waals surface area contributed by atoms with Gasteiger partial charge in [0, 0.05) is 54.5 Å². The highest BCUT2D eigenvalue weighted by molar-refractivity contribution is 6.16. The summed E-state index contributed by atoms with van der Waals surface area (Å²) in [6.07, 6.45) is 0. The van der Waals surface area contributed by atoms with E-state index < -0.39 is 0 Å². The Labute approximate surface area is 367 Å². The van der Waals surface area contributed by atoms with Crippen LogP contribution in [-0.4, -0.2) is 9.13 Å². The third-order valence-electron chi connectivity index (χ3n) is 13.3. The van der Waals surface area contributed by atoms with Gasteiger partial charge in [-0.25, -0.2) is 0 Å². The van der Waals surface area contributed by atoms with Gasteiger partial charge in [0.15, 0.2) is 0 Å². The van der Waals surface area contributed by atoms with E-state index in [1.165, 1.54) is 54.7 Å². The summed E-state index contributed by atoms with van der Waals surface area (Å²) in [4.78, 5) is 0. The second-order valence-electron chi connectivity index (χ2n) is 16.9. The zero-order valence-corrected chi connectivity index (χ0v) is 34.5. The minimum absolute atomic E-state index is 0.847. The molecule has 14 rings (SSSR count). The van der Waals surface area contributed by atoms with E-state index in [0.29, 0.717) is 0 Å². The molecule has 4 heteroatoms. The SMILES string of the molecule is c1ccc(-n2c3ccccc3c3cc(-c4cccc(-c5ccc6oc7cc8c(cc7c6c5)oc5ccc(-c6ccc7c(c6)c6ccccc6n7-c6ccccc6)cc58)c4)ccc32)cc1. The minimum Gasteiger partial charge on any atom is -0.456 e. The van der Waals surface area contributed by atoms with Gasteiger partial charge in [-0.3, -0.25) is 0 Å². The first-order valence-corrected chi connectivity index (χ1v) is 21.8. The Balaban J connectivity index is 0.835. The van der Waals surface area contributed by atoms with Crippen LogP contribution in [0.3, 0.4) is 0 Å². The summed E-state index contributed by atoms with van der Waals surface area (Å²) in [5.41, 5.74) is 17.5. The maximum absolute atomic E-state index is 6.57. The van der Waals surface area contributed by atoms with Crippen LogP contribution < -0.4 is 0 Å². The van der Waals surface area contributed by atoms with Crippen LogP contribution in [0.15, 0.2) is 227 Å². The molecule has 0 atom stereocenters. The molecule has 64 heavy (non-hydrogen) atoms. The number of nitrogens with zero attached hydrogens (tertiary/aromatic N) is 2. The summed E-state index contributed by atoms with van der Waals surface area (Å²) >= 11 is 0. The number of hydrogen-bond acceptors (Lipinski definition) is 2. The number of para-hydroxylation sites is 4. The molecule has 0 fully saturated rings. The van der Waals surface area contributed by atoms with E-state index in [-0.39, 0.29) is 0 Å². The molecule has 0 bridgehead atoms. The van der Waals surface area contributed by atoms with Crippen LogP contribution in [0.5, 0.6) is 0 Å². The number of benzene rings is 10. The van der Waals surface area contributed by atoms with Crippen molar-refractivity contribution in [2.75, 3.05) is 0 Å². The van der Waals surface area contributed by atoms with E-state index in [0.717, 1.165) is 77.5 Å². The van der Waals surface area contributed by atoms with Crippen molar-refractivity contribution in [3.8, 4) is 44.8 Å². The molecule has 0 amide bonds. The highest BCUT2D eigenvalue weighted by atomic mass is 16.3. The molecular formula is C60H36N2O2. The smallest absolute Gasteiger partial charge is 0.136 e. The van der Waals surface area contributed by atoms with Crippen LogP contribution in [0, 0.1) is 0 Å². The Morgan fingerprint density at radius 1 is 0.219 bits per heavy atom. The highest BCUT2D eigenvalue weighted by Crippen LogP contribution is 2.42. The van der Waals surface area contributed by atoms with Gasteiger partial charge < -0.3 is 18.0 Å². The molecular weight excluding hydrogens is 781 g/mol. The summed E-state index contributed by atoms with van der Waals surface area (Å²) < 4.78 is 17.9. The maximum atomic E-state index is 6.57. The second kappa shape index (κ2) is 13.4. The molecule has 4 nitrogen and oxygen atoms in total. The lowest BCUT2D eigenvalue weighted by Gasteiger charge is -2.09. The van der Waals surface area contributed by atoms with Crippen molar-refractivity contribution in [3.63, 3.8) is 0 Å². The summed E-state index contributed by atoms with van der Waals surface area (Å²) in [5.74, 6) is 0. The maximum Gasteiger partial charge on any atom is 0.136 e. The quantitative estimate of drug-likeness (QED) is 0.173. The predicted octanol–water partition coefficient (Wildman–Crippen LogP) is 16.7. The van der Waals surface area contributed by atoms with Crippen molar-refractivity contribution in [2.45, 2.75) is 0 Å². The van der Waals surface area contributed by atoms with Crippen molar-refractivity contribution >= 4 is 87.5 Å². The average molecular weight is 817 g/mol. The Bertz CT molecular complexity index is 4180. The molecule has 4 heterocycles. The monoisotopic (exact) mass is 816 g/mol. The Kier molecular flexibility index (Phi) is 7.36. The number of furan rings is 2. The summed E-state index contributed by atoms with van der Waals surface area (Å²) in [6.45, 7) is 0. The van der Waals surface area contributed by atoms with E-state index in [2.05, 4.69) is 228 Å². The number of fused-ring (bicyclic) bond motifs is 12. The normalized spacial score (nSPS) is 12.1.